The summed E-state index contributed by atoms with van der Waals surface area (Å²) in [5.74, 6) is 0.872. The van der Waals surface area contributed by atoms with Gasteiger partial charge in [0.15, 0.2) is 0 Å². The zero-order valence-electron chi connectivity index (χ0n) is 13.0. The molecule has 2 aromatic rings. The van der Waals surface area contributed by atoms with Gasteiger partial charge in [0, 0.05) is 29.7 Å². The van der Waals surface area contributed by atoms with E-state index in [1.54, 1.807) is 7.11 Å². The fourth-order valence-electron chi connectivity index (χ4n) is 2.52. The van der Waals surface area contributed by atoms with Crippen LogP contribution in [-0.4, -0.2) is 23.4 Å². The summed E-state index contributed by atoms with van der Waals surface area (Å²) >= 11 is 3.65. The minimum atomic E-state index is 0.217. The van der Waals surface area contributed by atoms with Crippen LogP contribution in [0.25, 0.3) is 0 Å². The van der Waals surface area contributed by atoms with E-state index in [1.165, 1.54) is 11.3 Å². The van der Waals surface area contributed by atoms with Crippen LogP contribution in [0.4, 0.5) is 0 Å². The molecular formula is C16H22BrN3O. The van der Waals surface area contributed by atoms with Crippen LogP contribution in [0.2, 0.25) is 0 Å². The van der Waals surface area contributed by atoms with Gasteiger partial charge in [0.25, 0.3) is 0 Å². The molecule has 0 amide bonds. The number of aryl methyl sites for hydroxylation is 2. The van der Waals surface area contributed by atoms with E-state index in [2.05, 4.69) is 45.4 Å². The van der Waals surface area contributed by atoms with Crippen LogP contribution in [0.5, 0.6) is 5.75 Å². The molecule has 0 aliphatic rings. The average molecular weight is 352 g/mol. The zero-order valence-corrected chi connectivity index (χ0v) is 14.6. The van der Waals surface area contributed by atoms with Crippen molar-refractivity contribution in [2.24, 2.45) is 7.05 Å². The third kappa shape index (κ3) is 3.86. The van der Waals surface area contributed by atoms with Crippen molar-refractivity contribution in [1.29, 1.82) is 0 Å². The van der Waals surface area contributed by atoms with Gasteiger partial charge in [-0.15, -0.1) is 0 Å². The quantitative estimate of drug-likeness (QED) is 0.866. The molecule has 5 heteroatoms. The monoisotopic (exact) mass is 351 g/mol. The molecule has 1 unspecified atom stereocenters. The molecule has 1 N–H and O–H groups in total. The van der Waals surface area contributed by atoms with Gasteiger partial charge in [-0.3, -0.25) is 4.68 Å². The van der Waals surface area contributed by atoms with Crippen LogP contribution >= 0.6 is 15.9 Å². The van der Waals surface area contributed by atoms with Gasteiger partial charge in [-0.1, -0.05) is 22.9 Å². The third-order valence-corrected chi connectivity index (χ3v) is 4.26. The van der Waals surface area contributed by atoms with Crippen molar-refractivity contribution < 1.29 is 4.74 Å². The maximum absolute atomic E-state index is 5.35. The van der Waals surface area contributed by atoms with Gasteiger partial charge >= 0.3 is 0 Å². The van der Waals surface area contributed by atoms with Crippen molar-refractivity contribution in [3.05, 3.63) is 45.7 Å². The highest BCUT2D eigenvalue weighted by Crippen LogP contribution is 2.30. The van der Waals surface area contributed by atoms with E-state index < -0.39 is 0 Å². The van der Waals surface area contributed by atoms with Crippen molar-refractivity contribution in [2.45, 2.75) is 26.3 Å². The van der Waals surface area contributed by atoms with Crippen LogP contribution in [0.3, 0.4) is 0 Å². The summed E-state index contributed by atoms with van der Waals surface area (Å²) in [5, 5.41) is 7.98. The Labute approximate surface area is 134 Å². The fraction of sp³-hybridized carbons (Fsp3) is 0.438. The molecule has 1 aromatic heterocycles. The number of nitrogens with zero attached hydrogens (tertiary/aromatic N) is 2. The number of likely N-dealkylation sites (N-methyl/N-ethyl adjacent to an activating group) is 1. The molecule has 0 saturated carbocycles. The van der Waals surface area contributed by atoms with E-state index in [0.717, 1.165) is 28.9 Å². The Hall–Kier alpha value is -1.33. The molecule has 1 aromatic carbocycles. The molecule has 4 nitrogen and oxygen atoms in total. The van der Waals surface area contributed by atoms with Crippen LogP contribution in [-0.2, 0) is 13.5 Å². The minimum absolute atomic E-state index is 0.217. The number of halogens is 1. The molecule has 0 fully saturated rings. The van der Waals surface area contributed by atoms with Crippen molar-refractivity contribution in [2.75, 3.05) is 13.7 Å². The first-order valence-corrected chi connectivity index (χ1v) is 7.90. The highest BCUT2D eigenvalue weighted by atomic mass is 79.9. The van der Waals surface area contributed by atoms with Crippen molar-refractivity contribution in [3.63, 3.8) is 0 Å². The van der Waals surface area contributed by atoms with Gasteiger partial charge in [-0.05, 0) is 43.3 Å². The summed E-state index contributed by atoms with van der Waals surface area (Å²) < 4.78 is 8.39. The largest absolute Gasteiger partial charge is 0.497 e. The van der Waals surface area contributed by atoms with E-state index in [4.69, 9.17) is 4.74 Å². The Bertz CT molecular complexity index is 610. The van der Waals surface area contributed by atoms with Crippen LogP contribution in [0, 0.1) is 6.92 Å². The first-order valence-electron chi connectivity index (χ1n) is 7.11. The highest BCUT2D eigenvalue weighted by molar-refractivity contribution is 9.10. The number of benzene rings is 1. The normalized spacial score (nSPS) is 12.4. The standard InChI is InChI=1S/C16H22BrN3O/c1-5-18-16(9-12-8-11(2)19-20(12)3)14-10-13(21-4)6-7-15(14)17/h6-8,10,16,18H,5,9H2,1-4H3. The molecule has 0 saturated heterocycles. The van der Waals surface area contributed by atoms with Crippen molar-refractivity contribution in [1.82, 2.24) is 15.1 Å². The molecule has 0 radical (unpaired) electrons. The lowest BCUT2D eigenvalue weighted by Gasteiger charge is -2.20. The Morgan fingerprint density at radius 1 is 1.38 bits per heavy atom. The average Bonchev–Trinajstić information content (AvgIpc) is 2.77. The Morgan fingerprint density at radius 3 is 2.71 bits per heavy atom. The maximum atomic E-state index is 5.35. The van der Waals surface area contributed by atoms with Crippen LogP contribution in [0.15, 0.2) is 28.7 Å². The first kappa shape index (κ1) is 16.0. The number of nitrogens with one attached hydrogen (secondary N) is 1. The smallest absolute Gasteiger partial charge is 0.119 e. The second-order valence-electron chi connectivity index (χ2n) is 5.10. The SMILES string of the molecule is CCNC(Cc1cc(C)nn1C)c1cc(OC)ccc1Br. The van der Waals surface area contributed by atoms with Gasteiger partial charge in [-0.2, -0.15) is 5.10 Å². The number of methoxy groups -OCH3 is 1. The predicted molar refractivity (Wildman–Crippen MR) is 88.8 cm³/mol. The molecule has 2 rings (SSSR count). The number of hydrogen-bond acceptors (Lipinski definition) is 3. The molecule has 0 bridgehead atoms. The Kier molecular flexibility index (Phi) is 5.42. The van der Waals surface area contributed by atoms with E-state index in [0.29, 0.717) is 0 Å². The fourth-order valence-corrected chi connectivity index (χ4v) is 3.04. The number of aromatic nitrogens is 2. The van der Waals surface area contributed by atoms with Crippen molar-refractivity contribution >= 4 is 15.9 Å². The summed E-state index contributed by atoms with van der Waals surface area (Å²) in [6, 6.07) is 8.44. The first-order chi connectivity index (χ1) is 10.0. The van der Waals surface area contributed by atoms with E-state index in [-0.39, 0.29) is 6.04 Å². The lowest BCUT2D eigenvalue weighted by Crippen LogP contribution is -2.24. The van der Waals surface area contributed by atoms with Gasteiger partial charge in [0.2, 0.25) is 0 Å². The van der Waals surface area contributed by atoms with Crippen molar-refractivity contribution in [3.8, 4) is 5.75 Å². The lowest BCUT2D eigenvalue weighted by molar-refractivity contribution is 0.412. The van der Waals surface area contributed by atoms with E-state index in [9.17, 15) is 0 Å². The predicted octanol–water partition coefficient (Wildman–Crippen LogP) is 3.39. The third-order valence-electron chi connectivity index (χ3n) is 3.54. The second-order valence-corrected chi connectivity index (χ2v) is 5.96. The molecule has 1 heterocycles. The molecule has 21 heavy (non-hydrogen) atoms. The van der Waals surface area contributed by atoms with Gasteiger partial charge in [0.05, 0.1) is 12.8 Å². The summed E-state index contributed by atoms with van der Waals surface area (Å²) in [5.41, 5.74) is 3.47. The summed E-state index contributed by atoms with van der Waals surface area (Å²) in [6.45, 7) is 5.05. The van der Waals surface area contributed by atoms with Crippen LogP contribution in [0.1, 0.15) is 29.9 Å². The van der Waals surface area contributed by atoms with Gasteiger partial charge in [-0.25, -0.2) is 0 Å². The molecule has 1 atom stereocenters. The van der Waals surface area contributed by atoms with Gasteiger partial charge < -0.3 is 10.1 Å². The van der Waals surface area contributed by atoms with Crippen LogP contribution < -0.4 is 10.1 Å². The summed E-state index contributed by atoms with van der Waals surface area (Å²) in [7, 11) is 3.69. The number of hydrogen-bond donors (Lipinski definition) is 1. The number of rotatable bonds is 6. The van der Waals surface area contributed by atoms with E-state index in [1.807, 2.05) is 30.8 Å². The maximum Gasteiger partial charge on any atom is 0.119 e. The molecule has 0 aliphatic carbocycles. The molecular weight excluding hydrogens is 330 g/mol. The Balaban J connectivity index is 2.32. The molecule has 0 aliphatic heterocycles. The lowest BCUT2D eigenvalue weighted by atomic mass is 10.0. The van der Waals surface area contributed by atoms with E-state index >= 15 is 0 Å². The minimum Gasteiger partial charge on any atom is -0.497 e. The number of ether oxygens (including phenoxy) is 1. The second kappa shape index (κ2) is 7.09. The van der Waals surface area contributed by atoms with Gasteiger partial charge in [0.1, 0.15) is 5.75 Å². The highest BCUT2D eigenvalue weighted by Gasteiger charge is 2.17. The summed E-state index contributed by atoms with van der Waals surface area (Å²) in [4.78, 5) is 0. The Morgan fingerprint density at radius 2 is 2.14 bits per heavy atom. The zero-order chi connectivity index (χ0) is 15.4. The molecule has 0 spiro atoms. The topological polar surface area (TPSA) is 39.1 Å². The summed E-state index contributed by atoms with van der Waals surface area (Å²) in [6.07, 6.45) is 0.886. The molecule has 114 valence electrons.